The highest BCUT2D eigenvalue weighted by atomic mass is 19.1. The van der Waals surface area contributed by atoms with Gasteiger partial charge in [0.05, 0.1) is 0 Å². The van der Waals surface area contributed by atoms with E-state index in [0.29, 0.717) is 30.5 Å². The van der Waals surface area contributed by atoms with E-state index in [1.807, 2.05) is 0 Å². The Morgan fingerprint density at radius 1 is 1.39 bits per heavy atom. The summed E-state index contributed by atoms with van der Waals surface area (Å²) >= 11 is 0. The highest BCUT2D eigenvalue weighted by Gasteiger charge is 2.40. The molecule has 0 radical (unpaired) electrons. The summed E-state index contributed by atoms with van der Waals surface area (Å²) in [7, 11) is 0. The number of halogens is 2. The summed E-state index contributed by atoms with van der Waals surface area (Å²) < 4.78 is 26.2. The van der Waals surface area contributed by atoms with Crippen molar-refractivity contribution in [1.29, 1.82) is 0 Å². The summed E-state index contributed by atoms with van der Waals surface area (Å²) in [5.74, 6) is -2.36. The van der Waals surface area contributed by atoms with Gasteiger partial charge in [-0.15, -0.1) is 0 Å². The molecule has 1 atom stereocenters. The summed E-state index contributed by atoms with van der Waals surface area (Å²) in [6, 6.07) is 3.13. The zero-order valence-electron chi connectivity index (χ0n) is 9.91. The SMILES string of the molecule is CC[C@]1(C(=O)O)CCC(c2cc(F)cc(F)c2)=N1. The number of benzene rings is 1. The van der Waals surface area contributed by atoms with Gasteiger partial charge in [0.2, 0.25) is 0 Å². The first-order chi connectivity index (χ1) is 8.47. The van der Waals surface area contributed by atoms with Gasteiger partial charge in [0, 0.05) is 17.3 Å². The molecule has 1 aromatic rings. The van der Waals surface area contributed by atoms with Crippen LogP contribution in [0.1, 0.15) is 31.7 Å². The number of carbonyl (C=O) groups is 1. The summed E-state index contributed by atoms with van der Waals surface area (Å²) in [5, 5.41) is 9.18. The number of hydrogen-bond acceptors (Lipinski definition) is 2. The Morgan fingerprint density at radius 3 is 2.44 bits per heavy atom. The molecule has 0 fully saturated rings. The van der Waals surface area contributed by atoms with Gasteiger partial charge in [0.25, 0.3) is 0 Å². The highest BCUT2D eigenvalue weighted by molar-refractivity contribution is 6.04. The van der Waals surface area contributed by atoms with E-state index in [9.17, 15) is 18.7 Å². The predicted molar refractivity (Wildman–Crippen MR) is 62.8 cm³/mol. The lowest BCUT2D eigenvalue weighted by atomic mass is 9.93. The molecule has 0 aliphatic carbocycles. The molecule has 1 aromatic carbocycles. The first-order valence-corrected chi connectivity index (χ1v) is 5.75. The third-order valence-corrected chi connectivity index (χ3v) is 3.30. The van der Waals surface area contributed by atoms with Crippen molar-refractivity contribution in [3.8, 4) is 0 Å². The lowest BCUT2D eigenvalue weighted by Gasteiger charge is -2.17. The van der Waals surface area contributed by atoms with Gasteiger partial charge in [0.15, 0.2) is 5.54 Å². The lowest BCUT2D eigenvalue weighted by molar-refractivity contribution is -0.143. The second-order valence-corrected chi connectivity index (χ2v) is 4.41. The summed E-state index contributed by atoms with van der Waals surface area (Å²) in [6.07, 6.45) is 1.15. The third kappa shape index (κ3) is 2.12. The van der Waals surface area contributed by atoms with E-state index in [1.54, 1.807) is 6.92 Å². The van der Waals surface area contributed by atoms with Crippen LogP contribution in [0.2, 0.25) is 0 Å². The van der Waals surface area contributed by atoms with Gasteiger partial charge in [-0.1, -0.05) is 6.92 Å². The van der Waals surface area contributed by atoms with Gasteiger partial charge in [-0.05, 0) is 31.4 Å². The Hall–Kier alpha value is -1.78. The maximum absolute atomic E-state index is 13.1. The van der Waals surface area contributed by atoms with Crippen LogP contribution in [0.25, 0.3) is 0 Å². The second kappa shape index (κ2) is 4.48. The van der Waals surface area contributed by atoms with Crippen LogP contribution in [0.3, 0.4) is 0 Å². The van der Waals surface area contributed by atoms with Gasteiger partial charge in [-0.2, -0.15) is 0 Å². The smallest absolute Gasteiger partial charge is 0.331 e. The van der Waals surface area contributed by atoms with Crippen LogP contribution >= 0.6 is 0 Å². The van der Waals surface area contributed by atoms with E-state index in [4.69, 9.17) is 0 Å². The van der Waals surface area contributed by atoms with Crippen LogP contribution in [0.4, 0.5) is 8.78 Å². The maximum atomic E-state index is 13.1. The molecule has 0 saturated carbocycles. The monoisotopic (exact) mass is 253 g/mol. The molecule has 0 amide bonds. The fourth-order valence-electron chi connectivity index (χ4n) is 2.19. The molecule has 0 saturated heterocycles. The van der Waals surface area contributed by atoms with Crippen LogP contribution in [0, 0.1) is 11.6 Å². The van der Waals surface area contributed by atoms with E-state index < -0.39 is 23.1 Å². The molecular formula is C13H13F2NO2. The molecule has 96 valence electrons. The molecule has 1 aliphatic heterocycles. The first-order valence-electron chi connectivity index (χ1n) is 5.75. The van der Waals surface area contributed by atoms with E-state index in [2.05, 4.69) is 4.99 Å². The van der Waals surface area contributed by atoms with E-state index >= 15 is 0 Å². The number of aliphatic imine (C=N–C) groups is 1. The minimum atomic E-state index is -1.14. The Bertz CT molecular complexity index is 507. The summed E-state index contributed by atoms with van der Waals surface area (Å²) in [5.41, 5.74) is -0.361. The molecule has 18 heavy (non-hydrogen) atoms. The predicted octanol–water partition coefficient (Wildman–Crippen LogP) is 2.78. The van der Waals surface area contributed by atoms with Gasteiger partial charge in [-0.3, -0.25) is 4.99 Å². The molecule has 1 aliphatic rings. The van der Waals surface area contributed by atoms with Crippen LogP contribution in [-0.4, -0.2) is 22.3 Å². The van der Waals surface area contributed by atoms with Gasteiger partial charge >= 0.3 is 5.97 Å². The van der Waals surface area contributed by atoms with Gasteiger partial charge in [-0.25, -0.2) is 13.6 Å². The standard InChI is InChI=1S/C13H13F2NO2/c1-2-13(12(17)18)4-3-11(16-13)8-5-9(14)7-10(15)6-8/h5-7H,2-4H2,1H3,(H,17,18)/t13-/m1/s1. The molecule has 0 bridgehead atoms. The molecule has 1 heterocycles. The number of rotatable bonds is 3. The highest BCUT2D eigenvalue weighted by Crippen LogP contribution is 2.32. The Balaban J connectivity index is 2.41. The largest absolute Gasteiger partial charge is 0.479 e. The molecule has 0 aromatic heterocycles. The minimum absolute atomic E-state index is 0.323. The quantitative estimate of drug-likeness (QED) is 0.900. The minimum Gasteiger partial charge on any atom is -0.479 e. The number of hydrogen-bond donors (Lipinski definition) is 1. The van der Waals surface area contributed by atoms with Crippen molar-refractivity contribution >= 4 is 11.7 Å². The molecule has 2 rings (SSSR count). The number of nitrogens with zero attached hydrogens (tertiary/aromatic N) is 1. The zero-order chi connectivity index (χ0) is 13.3. The van der Waals surface area contributed by atoms with Crippen molar-refractivity contribution in [2.24, 2.45) is 4.99 Å². The maximum Gasteiger partial charge on any atom is 0.331 e. The molecule has 0 spiro atoms. The Labute approximate surface area is 103 Å². The van der Waals surface area contributed by atoms with Crippen LogP contribution in [0.5, 0.6) is 0 Å². The molecule has 1 N–H and O–H groups in total. The fourth-order valence-corrected chi connectivity index (χ4v) is 2.19. The number of carboxylic acids is 1. The normalized spacial score (nSPS) is 22.9. The molecule has 5 heteroatoms. The number of carboxylic acid groups (broad SMARTS) is 1. The van der Waals surface area contributed by atoms with Crippen molar-refractivity contribution in [2.75, 3.05) is 0 Å². The Morgan fingerprint density at radius 2 is 2.00 bits per heavy atom. The summed E-state index contributed by atoms with van der Waals surface area (Å²) in [4.78, 5) is 15.4. The molecule has 0 unspecified atom stereocenters. The van der Waals surface area contributed by atoms with E-state index in [-0.39, 0.29) is 0 Å². The number of aliphatic carboxylic acids is 1. The van der Waals surface area contributed by atoms with Crippen molar-refractivity contribution in [1.82, 2.24) is 0 Å². The second-order valence-electron chi connectivity index (χ2n) is 4.41. The van der Waals surface area contributed by atoms with Crippen molar-refractivity contribution in [3.63, 3.8) is 0 Å². The van der Waals surface area contributed by atoms with Crippen molar-refractivity contribution in [3.05, 3.63) is 35.4 Å². The van der Waals surface area contributed by atoms with E-state index in [0.717, 1.165) is 6.07 Å². The van der Waals surface area contributed by atoms with Crippen LogP contribution in [-0.2, 0) is 4.79 Å². The average Bonchev–Trinajstić information content (AvgIpc) is 2.73. The lowest BCUT2D eigenvalue weighted by Crippen LogP contribution is -2.33. The average molecular weight is 253 g/mol. The van der Waals surface area contributed by atoms with E-state index in [1.165, 1.54) is 12.1 Å². The van der Waals surface area contributed by atoms with Crippen molar-refractivity contribution < 1.29 is 18.7 Å². The molecular weight excluding hydrogens is 240 g/mol. The van der Waals surface area contributed by atoms with Crippen molar-refractivity contribution in [2.45, 2.75) is 31.7 Å². The topological polar surface area (TPSA) is 49.7 Å². The molecule has 3 nitrogen and oxygen atoms in total. The zero-order valence-corrected chi connectivity index (χ0v) is 9.91. The van der Waals surface area contributed by atoms with Crippen LogP contribution < -0.4 is 0 Å². The summed E-state index contributed by atoms with van der Waals surface area (Å²) in [6.45, 7) is 1.74. The van der Waals surface area contributed by atoms with Crippen LogP contribution in [0.15, 0.2) is 23.2 Å². The first kappa shape index (κ1) is 12.7. The fraction of sp³-hybridized carbons (Fsp3) is 0.385. The van der Waals surface area contributed by atoms with Gasteiger partial charge in [0.1, 0.15) is 11.6 Å². The third-order valence-electron chi connectivity index (χ3n) is 3.30. The van der Waals surface area contributed by atoms with Gasteiger partial charge < -0.3 is 5.11 Å². The Kier molecular flexibility index (Phi) is 3.15.